The Hall–Kier alpha value is -1.27. The highest BCUT2D eigenvalue weighted by Gasteiger charge is 2.23. The fourth-order valence-electron chi connectivity index (χ4n) is 1.57. The number of hydrogen-bond acceptors (Lipinski definition) is 3. The lowest BCUT2D eigenvalue weighted by Crippen LogP contribution is -2.37. The molecule has 2 N–H and O–H groups in total. The number of aromatic hydroxyl groups is 1. The van der Waals surface area contributed by atoms with Crippen molar-refractivity contribution < 1.29 is 13.5 Å². The molecular formula is C14H24N2O3S. The average Bonchev–Trinajstić information content (AvgIpc) is 2.29. The van der Waals surface area contributed by atoms with E-state index in [0.717, 1.165) is 5.56 Å². The first-order valence-electron chi connectivity index (χ1n) is 6.54. The Kier molecular flexibility index (Phi) is 4.71. The van der Waals surface area contributed by atoms with E-state index in [9.17, 15) is 13.5 Å². The van der Waals surface area contributed by atoms with Crippen molar-refractivity contribution in [3.63, 3.8) is 0 Å². The summed E-state index contributed by atoms with van der Waals surface area (Å²) in [5, 5.41) is 9.84. The van der Waals surface area contributed by atoms with Crippen LogP contribution in [0.15, 0.2) is 18.2 Å². The van der Waals surface area contributed by atoms with Gasteiger partial charge in [0, 0.05) is 13.1 Å². The second-order valence-electron chi connectivity index (χ2n) is 6.20. The van der Waals surface area contributed by atoms with Gasteiger partial charge in [0.15, 0.2) is 0 Å². The molecule has 1 rings (SSSR count). The molecule has 0 saturated carbocycles. The maximum atomic E-state index is 12.2. The summed E-state index contributed by atoms with van der Waals surface area (Å²) < 4.78 is 28.0. The van der Waals surface area contributed by atoms with E-state index in [2.05, 4.69) is 4.72 Å². The van der Waals surface area contributed by atoms with E-state index in [1.165, 1.54) is 17.4 Å². The highest BCUT2D eigenvalue weighted by molar-refractivity contribution is 7.90. The summed E-state index contributed by atoms with van der Waals surface area (Å²) in [6, 6.07) is 4.80. The van der Waals surface area contributed by atoms with Gasteiger partial charge in [0.05, 0.1) is 5.69 Å². The van der Waals surface area contributed by atoms with E-state index in [1.54, 1.807) is 26.0 Å². The number of anilines is 1. The molecule has 0 heterocycles. The van der Waals surface area contributed by atoms with Crippen molar-refractivity contribution in [1.29, 1.82) is 0 Å². The van der Waals surface area contributed by atoms with E-state index >= 15 is 0 Å². The van der Waals surface area contributed by atoms with Crippen LogP contribution >= 0.6 is 0 Å². The minimum atomic E-state index is -3.67. The lowest BCUT2D eigenvalue weighted by atomic mass is 9.87. The highest BCUT2D eigenvalue weighted by atomic mass is 32.2. The van der Waals surface area contributed by atoms with Gasteiger partial charge in [-0.1, -0.05) is 26.8 Å². The van der Waals surface area contributed by atoms with Gasteiger partial charge in [0.1, 0.15) is 5.75 Å². The quantitative estimate of drug-likeness (QED) is 0.840. The van der Waals surface area contributed by atoms with Crippen LogP contribution in [0.25, 0.3) is 0 Å². The van der Waals surface area contributed by atoms with Crippen LogP contribution in [0, 0.1) is 0 Å². The van der Waals surface area contributed by atoms with E-state index < -0.39 is 10.2 Å². The van der Waals surface area contributed by atoms with Gasteiger partial charge >= 0.3 is 10.2 Å². The van der Waals surface area contributed by atoms with E-state index in [1.807, 2.05) is 20.8 Å². The number of phenols is 1. The highest BCUT2D eigenvalue weighted by Crippen LogP contribution is 2.31. The molecule has 0 aromatic heterocycles. The lowest BCUT2D eigenvalue weighted by molar-refractivity contribution is 0.413. The Bertz CT molecular complexity index is 575. The Labute approximate surface area is 121 Å². The molecule has 0 aliphatic carbocycles. The maximum Gasteiger partial charge on any atom is 0.301 e. The minimum Gasteiger partial charge on any atom is -0.506 e. The molecule has 0 bridgehead atoms. The summed E-state index contributed by atoms with van der Waals surface area (Å²) in [5.74, 6) is -0.0845. The summed E-state index contributed by atoms with van der Waals surface area (Å²) in [6.07, 6.45) is 0. The third-order valence-electron chi connectivity index (χ3n) is 3.21. The molecule has 1 aromatic carbocycles. The maximum absolute atomic E-state index is 12.2. The first kappa shape index (κ1) is 16.8. The van der Waals surface area contributed by atoms with Gasteiger partial charge in [-0.3, -0.25) is 4.72 Å². The second kappa shape index (κ2) is 5.61. The van der Waals surface area contributed by atoms with Crippen molar-refractivity contribution in [2.45, 2.75) is 46.1 Å². The van der Waals surface area contributed by atoms with E-state index in [-0.39, 0.29) is 22.9 Å². The second-order valence-corrected chi connectivity index (χ2v) is 7.93. The van der Waals surface area contributed by atoms with Crippen LogP contribution in [0.5, 0.6) is 5.75 Å². The molecule has 0 spiro atoms. The summed E-state index contributed by atoms with van der Waals surface area (Å²) in [5.41, 5.74) is 1.02. The van der Waals surface area contributed by atoms with Crippen LogP contribution < -0.4 is 4.72 Å². The summed E-state index contributed by atoms with van der Waals surface area (Å²) in [4.78, 5) is 0. The summed E-state index contributed by atoms with van der Waals surface area (Å²) in [7, 11) is -2.18. The molecule has 0 fully saturated rings. The Balaban J connectivity index is 3.16. The van der Waals surface area contributed by atoms with Gasteiger partial charge in [-0.05, 0) is 37.0 Å². The number of benzene rings is 1. The van der Waals surface area contributed by atoms with Gasteiger partial charge in [-0.2, -0.15) is 12.7 Å². The summed E-state index contributed by atoms with van der Waals surface area (Å²) in [6.45, 7) is 9.64. The monoisotopic (exact) mass is 300 g/mol. The zero-order valence-corrected chi connectivity index (χ0v) is 13.7. The molecule has 6 heteroatoms. The molecule has 20 heavy (non-hydrogen) atoms. The van der Waals surface area contributed by atoms with Gasteiger partial charge in [-0.25, -0.2) is 0 Å². The first-order chi connectivity index (χ1) is 8.95. The molecule has 0 aliphatic rings. The van der Waals surface area contributed by atoms with Crippen LogP contribution in [-0.2, 0) is 15.6 Å². The van der Waals surface area contributed by atoms with E-state index in [4.69, 9.17) is 0 Å². The Morgan fingerprint density at radius 3 is 2.25 bits per heavy atom. The predicted octanol–water partition coefficient (Wildman–Crippen LogP) is 2.69. The molecule has 0 aliphatic heterocycles. The van der Waals surface area contributed by atoms with Crippen molar-refractivity contribution in [1.82, 2.24) is 4.31 Å². The Morgan fingerprint density at radius 2 is 1.80 bits per heavy atom. The molecule has 114 valence electrons. The SMILES string of the molecule is CC(C)N(C)S(=O)(=O)Nc1cc(C(C)(C)C)ccc1O. The largest absolute Gasteiger partial charge is 0.506 e. The molecule has 1 aromatic rings. The number of hydrogen-bond donors (Lipinski definition) is 2. The van der Waals surface area contributed by atoms with Gasteiger partial charge < -0.3 is 5.11 Å². The van der Waals surface area contributed by atoms with Gasteiger partial charge in [-0.15, -0.1) is 0 Å². The number of nitrogens with one attached hydrogen (secondary N) is 1. The third-order valence-corrected chi connectivity index (χ3v) is 4.87. The zero-order chi connectivity index (χ0) is 15.7. The molecule has 0 unspecified atom stereocenters. The van der Waals surface area contributed by atoms with Crippen LogP contribution in [0.3, 0.4) is 0 Å². The number of rotatable bonds is 4. The number of nitrogens with zero attached hydrogens (tertiary/aromatic N) is 1. The molecule has 0 radical (unpaired) electrons. The number of phenolic OH excluding ortho intramolecular Hbond substituents is 1. The normalized spacial score (nSPS) is 13.0. The first-order valence-corrected chi connectivity index (χ1v) is 7.98. The van der Waals surface area contributed by atoms with Crippen LogP contribution in [0.2, 0.25) is 0 Å². The van der Waals surface area contributed by atoms with E-state index in [0.29, 0.717) is 0 Å². The van der Waals surface area contributed by atoms with Crippen LogP contribution in [0.1, 0.15) is 40.2 Å². The molecule has 0 saturated heterocycles. The van der Waals surface area contributed by atoms with Crippen molar-refractivity contribution in [3.8, 4) is 5.75 Å². The molecule has 0 atom stereocenters. The molecular weight excluding hydrogens is 276 g/mol. The third kappa shape index (κ3) is 3.86. The van der Waals surface area contributed by atoms with Gasteiger partial charge in [0.2, 0.25) is 0 Å². The Morgan fingerprint density at radius 1 is 1.25 bits per heavy atom. The topological polar surface area (TPSA) is 69.6 Å². The van der Waals surface area contributed by atoms with Crippen LogP contribution in [-0.4, -0.2) is 30.9 Å². The minimum absolute atomic E-state index is 0.0845. The van der Waals surface area contributed by atoms with Crippen molar-refractivity contribution >= 4 is 15.9 Å². The standard InChI is InChI=1S/C14H24N2O3S/c1-10(2)16(6)20(18,19)15-12-9-11(14(3,4)5)7-8-13(12)17/h7-10,15,17H,1-6H3. The molecule has 5 nitrogen and oxygen atoms in total. The fourth-order valence-corrected chi connectivity index (χ4v) is 2.71. The van der Waals surface area contributed by atoms with Crippen molar-refractivity contribution in [3.05, 3.63) is 23.8 Å². The average molecular weight is 300 g/mol. The lowest BCUT2D eigenvalue weighted by Gasteiger charge is -2.24. The smallest absolute Gasteiger partial charge is 0.301 e. The molecule has 0 amide bonds. The van der Waals surface area contributed by atoms with Crippen LogP contribution in [0.4, 0.5) is 5.69 Å². The van der Waals surface area contributed by atoms with Gasteiger partial charge in [0.25, 0.3) is 0 Å². The fraction of sp³-hybridized carbons (Fsp3) is 0.571. The predicted molar refractivity (Wildman–Crippen MR) is 82.2 cm³/mol. The zero-order valence-electron chi connectivity index (χ0n) is 12.9. The van der Waals surface area contributed by atoms with Crippen molar-refractivity contribution in [2.75, 3.05) is 11.8 Å². The van der Waals surface area contributed by atoms with Crippen molar-refractivity contribution in [2.24, 2.45) is 0 Å². The summed E-state index contributed by atoms with van der Waals surface area (Å²) >= 11 is 0.